The fourth-order valence-corrected chi connectivity index (χ4v) is 10.2. The van der Waals surface area contributed by atoms with E-state index in [-0.39, 0.29) is 24.3 Å². The molecule has 27 nitrogen and oxygen atoms in total. The Balaban J connectivity index is 1.98. The molecule has 0 bridgehead atoms. The number of sulfonamides is 1. The normalized spacial score (nSPS) is 27.0. The topological polar surface area (TPSA) is 350 Å². The predicted molar refractivity (Wildman–Crippen MR) is 289 cm³/mol. The quantitative estimate of drug-likeness (QED) is 0.0595. The first kappa shape index (κ1) is 66.6. The predicted octanol–water partition coefficient (Wildman–Crippen LogP) is 5.41. The summed E-state index contributed by atoms with van der Waals surface area (Å²) >= 11 is 0. The van der Waals surface area contributed by atoms with Crippen molar-refractivity contribution in [1.29, 1.82) is 0 Å². The fourth-order valence-electron chi connectivity index (χ4n) is 8.95. The van der Waals surface area contributed by atoms with Crippen molar-refractivity contribution in [1.82, 2.24) is 30.5 Å². The molecule has 2 fully saturated rings. The first-order valence-electron chi connectivity index (χ1n) is 26.0. The smallest absolute Gasteiger partial charge is 0.437 e. The van der Waals surface area contributed by atoms with E-state index in [1.54, 1.807) is 104 Å². The van der Waals surface area contributed by atoms with E-state index in [0.29, 0.717) is 0 Å². The van der Waals surface area contributed by atoms with Crippen molar-refractivity contribution in [3.8, 4) is 0 Å². The van der Waals surface area contributed by atoms with Crippen LogP contribution in [0.1, 0.15) is 124 Å². The summed E-state index contributed by atoms with van der Waals surface area (Å²) in [6.07, 6.45) is -13.0. The van der Waals surface area contributed by atoms with E-state index in [4.69, 9.17) is 37.9 Å². The first-order valence-corrected chi connectivity index (χ1v) is 27.5. The molecule has 80 heavy (non-hydrogen) atoms. The fraction of sp³-hybridized carbons (Fsp3) is 0.731. The second-order valence-electron chi connectivity index (χ2n) is 25.1. The molecule has 4 rings (SSSR count). The van der Waals surface area contributed by atoms with Gasteiger partial charge in [-0.25, -0.2) is 32.4 Å². The van der Waals surface area contributed by atoms with Crippen molar-refractivity contribution in [2.75, 3.05) is 27.2 Å². The Labute approximate surface area is 468 Å². The van der Waals surface area contributed by atoms with Crippen LogP contribution >= 0.6 is 0 Å². The zero-order chi connectivity index (χ0) is 60.9. The zero-order valence-electron chi connectivity index (χ0n) is 49.1. The van der Waals surface area contributed by atoms with E-state index in [2.05, 4.69) is 31.4 Å². The van der Waals surface area contributed by atoms with Gasteiger partial charge in [-0.15, -0.1) is 9.90 Å². The number of carbonyl (C=O) groups excluding carboxylic acids is 5. The van der Waals surface area contributed by atoms with Gasteiger partial charge in [0.25, 0.3) is 0 Å². The molecule has 452 valence electrons. The van der Waals surface area contributed by atoms with Crippen LogP contribution in [-0.2, 0) is 47.9 Å². The van der Waals surface area contributed by atoms with Gasteiger partial charge in [0.15, 0.2) is 6.29 Å². The number of alkyl carbamates (subject to hydrolysis) is 3. The summed E-state index contributed by atoms with van der Waals surface area (Å²) in [5.74, 6) is -2.06. The summed E-state index contributed by atoms with van der Waals surface area (Å²) in [4.78, 5) is 84.4. The number of aliphatic imine (C=N–C) groups is 1. The molecule has 0 radical (unpaired) electrons. The van der Waals surface area contributed by atoms with E-state index in [1.165, 1.54) is 51.4 Å². The molecule has 1 aliphatic carbocycles. The number of nitroso groups, excluding NO2 is 1. The standard InChI is InChI=1S/C52H84N8O19S/c1-47(2,3)75-42(63)54-31-25-32(55-43(64)76-48(4,5)6)38(74-40-36(62)39(52(16,68)27-72-40)60(18)46(67)79-51(13,14)15)35(61)34(31)37-30(53-41(56-44(65)77-49(7,8)9)57-45(66)78-50(10,11)12)24-23-28(73-37)26-59(17)80(70,71)33-22-20-19-21-29(33)58-69/h19-23,30-32,34-40,61-62,68H,24-27H2,1-18H3,(H,54,63)(H,55,64)(H2,53,56,57,65,66)/t30-,31+,32-,34?,35+,36-,37+,38+,39-,40-,52+/m1/s1. The highest BCUT2D eigenvalue weighted by molar-refractivity contribution is 7.89. The number of guanidine groups is 1. The molecule has 1 aromatic carbocycles. The molecule has 1 aromatic rings. The number of carbonyl (C=O) groups is 5. The molecule has 1 saturated carbocycles. The largest absolute Gasteiger partial charge is 0.491 e. The van der Waals surface area contributed by atoms with Crippen LogP contribution in [-0.4, -0.2) is 185 Å². The first-order chi connectivity index (χ1) is 36.4. The third-order valence-electron chi connectivity index (χ3n) is 11.9. The lowest BCUT2D eigenvalue weighted by atomic mass is 9.72. The minimum Gasteiger partial charge on any atom is -0.491 e. The Kier molecular flexibility index (Phi) is 21.2. The van der Waals surface area contributed by atoms with Gasteiger partial charge in [0.2, 0.25) is 16.0 Å². The molecule has 2 heterocycles. The van der Waals surface area contributed by atoms with Crippen molar-refractivity contribution >= 4 is 52.1 Å². The van der Waals surface area contributed by atoms with E-state index in [1.807, 2.05) is 0 Å². The van der Waals surface area contributed by atoms with Crippen LogP contribution in [0.2, 0.25) is 0 Å². The Bertz CT molecular complexity index is 2560. The number of hydrogen-bond acceptors (Lipinski definition) is 20. The Morgan fingerprint density at radius 2 is 1.26 bits per heavy atom. The van der Waals surface area contributed by atoms with Gasteiger partial charge < -0.3 is 74.1 Å². The Morgan fingerprint density at radius 1 is 0.738 bits per heavy atom. The summed E-state index contributed by atoms with van der Waals surface area (Å²) in [7, 11) is -1.96. The number of aliphatic hydroxyl groups is 3. The maximum atomic E-state index is 14.1. The van der Waals surface area contributed by atoms with E-state index in [9.17, 15) is 52.6 Å². The number of likely N-dealkylation sites (N-methyl/N-ethyl adjacent to an activating group) is 2. The summed E-state index contributed by atoms with van der Waals surface area (Å²) in [6.45, 7) is 24.3. The van der Waals surface area contributed by atoms with Gasteiger partial charge >= 0.3 is 30.5 Å². The monoisotopic (exact) mass is 1160 g/mol. The van der Waals surface area contributed by atoms with Crippen LogP contribution in [0.25, 0.3) is 0 Å². The van der Waals surface area contributed by atoms with Gasteiger partial charge in [0.05, 0.1) is 37.4 Å². The average molecular weight is 1160 g/mol. The number of rotatable bonds is 12. The van der Waals surface area contributed by atoms with Crippen LogP contribution in [0.4, 0.5) is 29.7 Å². The van der Waals surface area contributed by atoms with Gasteiger partial charge in [0.1, 0.15) is 68.3 Å². The van der Waals surface area contributed by atoms with E-state index >= 15 is 0 Å². The van der Waals surface area contributed by atoms with Crippen molar-refractivity contribution in [2.24, 2.45) is 16.1 Å². The van der Waals surface area contributed by atoms with E-state index in [0.717, 1.165) is 9.21 Å². The van der Waals surface area contributed by atoms with Crippen molar-refractivity contribution in [2.45, 2.75) is 217 Å². The molecule has 11 atom stereocenters. The second kappa shape index (κ2) is 25.5. The maximum Gasteiger partial charge on any atom is 0.437 e. The minimum absolute atomic E-state index is 0.0441. The van der Waals surface area contributed by atoms with Gasteiger partial charge in [0, 0.05) is 26.1 Å². The van der Waals surface area contributed by atoms with E-state index < -0.39 is 159 Å². The highest BCUT2D eigenvalue weighted by Gasteiger charge is 2.57. The molecule has 7 N–H and O–H groups in total. The molecule has 1 unspecified atom stereocenters. The van der Waals surface area contributed by atoms with Crippen LogP contribution in [0.3, 0.4) is 0 Å². The lowest BCUT2D eigenvalue weighted by Crippen LogP contribution is -2.71. The number of hydrogen-bond donors (Lipinski definition) is 7. The number of nitrogens with one attached hydrogen (secondary N) is 4. The van der Waals surface area contributed by atoms with Crippen LogP contribution in [0.15, 0.2) is 51.2 Å². The van der Waals surface area contributed by atoms with Gasteiger partial charge in [-0.1, -0.05) is 12.1 Å². The van der Waals surface area contributed by atoms with Crippen molar-refractivity contribution in [3.05, 3.63) is 41.0 Å². The molecule has 28 heteroatoms. The zero-order valence-corrected chi connectivity index (χ0v) is 49.9. The van der Waals surface area contributed by atoms with Crippen molar-refractivity contribution < 1.29 is 85.6 Å². The molecule has 0 aromatic heterocycles. The third kappa shape index (κ3) is 19.4. The number of nitrogens with zero attached hydrogens (tertiary/aromatic N) is 4. The summed E-state index contributed by atoms with van der Waals surface area (Å²) in [6, 6.07) is -0.120. The van der Waals surface area contributed by atoms with Gasteiger partial charge in [-0.2, -0.15) is 4.31 Å². The van der Waals surface area contributed by atoms with Crippen LogP contribution in [0, 0.1) is 10.8 Å². The van der Waals surface area contributed by atoms with Gasteiger partial charge in [-0.3, -0.25) is 5.32 Å². The highest BCUT2D eigenvalue weighted by atomic mass is 32.2. The maximum absolute atomic E-state index is 14.1. The van der Waals surface area contributed by atoms with Crippen molar-refractivity contribution in [3.63, 3.8) is 0 Å². The second-order valence-corrected chi connectivity index (χ2v) is 27.1. The Hall–Kier alpha value is -5.91. The lowest BCUT2D eigenvalue weighted by molar-refractivity contribution is -0.305. The number of benzene rings is 1. The molecule has 2 aliphatic heterocycles. The molecular formula is C52H84N8O19S. The number of amides is 5. The lowest BCUT2D eigenvalue weighted by Gasteiger charge is -2.52. The molecular weight excluding hydrogens is 1070 g/mol. The highest BCUT2D eigenvalue weighted by Crippen LogP contribution is 2.40. The molecule has 0 spiro atoms. The molecule has 1 saturated heterocycles. The summed E-state index contributed by atoms with van der Waals surface area (Å²) in [5.41, 5.74) is -7.54. The van der Waals surface area contributed by atoms with Gasteiger partial charge in [-0.05, 0) is 147 Å². The number of ether oxygens (including phenoxy) is 8. The Morgan fingerprint density at radius 3 is 1.80 bits per heavy atom. The number of aliphatic hydroxyl groups excluding tert-OH is 2. The minimum atomic E-state index is -4.48. The summed E-state index contributed by atoms with van der Waals surface area (Å²) < 4.78 is 76.1. The van der Waals surface area contributed by atoms with Crippen LogP contribution in [0.5, 0.6) is 0 Å². The summed E-state index contributed by atoms with van der Waals surface area (Å²) in [5, 5.41) is 50.7. The van der Waals surface area contributed by atoms with Crippen LogP contribution < -0.4 is 21.3 Å². The third-order valence-corrected chi connectivity index (χ3v) is 13.8. The molecule has 5 amide bonds. The average Bonchev–Trinajstić information content (AvgIpc) is 3.25. The SMILES string of the molecule is CN(C(=O)OC(C)(C)C)[C@@H]1[C@@H](O)[C@@H](O[C@H]2[C@H](NC(=O)OC(C)(C)C)C[C@H](NC(=O)OC(C)(C)C)C([C@H]3OC(CN(C)S(=O)(=O)c4ccccc4N=O)=CC[C@H]3N/C(=N/C(=O)OC(C)(C)C)NC(=O)OC(C)(C)C)[C@@H]2O)OC[C@]1(C)O. The molecule has 3 aliphatic rings.